The van der Waals surface area contributed by atoms with Crippen LogP contribution in [0.1, 0.15) is 11.1 Å². The molecule has 0 bridgehead atoms. The lowest BCUT2D eigenvalue weighted by Crippen LogP contribution is -2.14. The molecule has 3 rings (SSSR count). The molecule has 0 radical (unpaired) electrons. The average Bonchev–Trinajstić information content (AvgIpc) is 3.04. The van der Waals surface area contributed by atoms with Gasteiger partial charge < -0.3 is 5.32 Å². The van der Waals surface area contributed by atoms with Crippen molar-refractivity contribution in [1.29, 1.82) is 0 Å². The van der Waals surface area contributed by atoms with E-state index in [0.717, 1.165) is 14.9 Å². The maximum absolute atomic E-state index is 12.2. The van der Waals surface area contributed by atoms with Crippen molar-refractivity contribution in [2.24, 2.45) is 0 Å². The fourth-order valence-electron chi connectivity index (χ4n) is 2.27. The number of amides is 1. The topological polar surface area (TPSA) is 59.8 Å². The third-order valence-electron chi connectivity index (χ3n) is 3.73. The molecule has 2 aromatic carbocycles. The lowest BCUT2D eigenvalue weighted by atomic mass is 10.1. The molecule has 0 fully saturated rings. The van der Waals surface area contributed by atoms with Crippen LogP contribution in [0.3, 0.4) is 0 Å². The quantitative estimate of drug-likeness (QED) is 0.454. The van der Waals surface area contributed by atoms with E-state index in [2.05, 4.69) is 64.1 Å². The molecule has 5 nitrogen and oxygen atoms in total. The van der Waals surface area contributed by atoms with Crippen molar-refractivity contribution in [3.05, 3.63) is 63.5 Å². The summed E-state index contributed by atoms with van der Waals surface area (Å²) in [5.74, 6) is 0.205. The number of nitrogens with one attached hydrogen (secondary N) is 1. The Morgan fingerprint density at radius 3 is 2.80 bits per heavy atom. The minimum atomic E-state index is -0.0679. The monoisotopic (exact) mass is 464 g/mol. The molecule has 0 aliphatic heterocycles. The number of thioether (sulfide) groups is 1. The van der Waals surface area contributed by atoms with E-state index in [-0.39, 0.29) is 11.7 Å². The zero-order valence-electron chi connectivity index (χ0n) is 13.9. The molecule has 0 saturated carbocycles. The van der Waals surface area contributed by atoms with Gasteiger partial charge in [-0.05, 0) is 77.9 Å². The summed E-state index contributed by atoms with van der Waals surface area (Å²) >= 11 is 3.59. The normalized spacial score (nSPS) is 10.7. The third-order valence-corrected chi connectivity index (χ3v) is 5.34. The summed E-state index contributed by atoms with van der Waals surface area (Å²) < 4.78 is 2.98. The summed E-state index contributed by atoms with van der Waals surface area (Å²) in [5, 5.41) is 11.7. The Hall–Kier alpha value is -1.87. The van der Waals surface area contributed by atoms with Gasteiger partial charge in [-0.3, -0.25) is 9.36 Å². The maximum atomic E-state index is 12.2. The fraction of sp³-hybridized carbons (Fsp3) is 0.167. The number of nitrogens with zero attached hydrogens (tertiary/aromatic N) is 3. The molecule has 0 unspecified atom stereocenters. The van der Waals surface area contributed by atoms with Gasteiger partial charge in [0.15, 0.2) is 5.16 Å². The van der Waals surface area contributed by atoms with Gasteiger partial charge in [-0.25, -0.2) is 0 Å². The minimum absolute atomic E-state index is 0.0679. The Labute approximate surface area is 164 Å². The first-order chi connectivity index (χ1) is 12.0. The van der Waals surface area contributed by atoms with Gasteiger partial charge in [0, 0.05) is 14.9 Å². The molecule has 3 aromatic rings. The second kappa shape index (κ2) is 8.01. The van der Waals surface area contributed by atoms with Crippen LogP contribution in [0.2, 0.25) is 0 Å². The molecule has 1 heterocycles. The Kier molecular flexibility index (Phi) is 5.74. The van der Waals surface area contributed by atoms with Gasteiger partial charge in [-0.2, -0.15) is 0 Å². The van der Waals surface area contributed by atoms with Crippen molar-refractivity contribution in [1.82, 2.24) is 14.8 Å². The molecule has 1 amide bonds. The lowest BCUT2D eigenvalue weighted by molar-refractivity contribution is -0.113. The molecule has 0 spiro atoms. The van der Waals surface area contributed by atoms with Crippen LogP contribution >= 0.6 is 34.4 Å². The Bertz CT molecular complexity index is 910. The van der Waals surface area contributed by atoms with Crippen LogP contribution in [0.4, 0.5) is 5.69 Å². The number of hydrogen-bond donors (Lipinski definition) is 1. The van der Waals surface area contributed by atoms with Crippen molar-refractivity contribution in [2.75, 3.05) is 11.1 Å². The van der Waals surface area contributed by atoms with Gasteiger partial charge in [0.2, 0.25) is 5.91 Å². The van der Waals surface area contributed by atoms with E-state index in [9.17, 15) is 4.79 Å². The number of rotatable bonds is 5. The first kappa shape index (κ1) is 17.9. The largest absolute Gasteiger partial charge is 0.325 e. The number of carbonyl (C=O) groups excluding carboxylic acids is 1. The molecule has 7 heteroatoms. The summed E-state index contributed by atoms with van der Waals surface area (Å²) in [6.45, 7) is 4.15. The van der Waals surface area contributed by atoms with Crippen molar-refractivity contribution in [3.63, 3.8) is 0 Å². The van der Waals surface area contributed by atoms with E-state index in [4.69, 9.17) is 0 Å². The van der Waals surface area contributed by atoms with Crippen LogP contribution in [0.5, 0.6) is 0 Å². The third kappa shape index (κ3) is 4.60. The highest BCUT2D eigenvalue weighted by Gasteiger charge is 2.11. The summed E-state index contributed by atoms with van der Waals surface area (Å²) in [6, 6.07) is 13.9. The van der Waals surface area contributed by atoms with Crippen LogP contribution in [-0.4, -0.2) is 26.4 Å². The summed E-state index contributed by atoms with van der Waals surface area (Å²) in [4.78, 5) is 12.2. The Morgan fingerprint density at radius 2 is 2.04 bits per heavy atom. The fourth-order valence-corrected chi connectivity index (χ4v) is 3.54. The van der Waals surface area contributed by atoms with Crippen LogP contribution in [0, 0.1) is 17.4 Å². The van der Waals surface area contributed by atoms with E-state index in [0.29, 0.717) is 5.16 Å². The van der Waals surface area contributed by atoms with E-state index in [1.54, 1.807) is 6.33 Å². The second-order valence-electron chi connectivity index (χ2n) is 5.60. The highest BCUT2D eigenvalue weighted by atomic mass is 127. The SMILES string of the molecule is Cc1ccc(-n2cnnc2SCC(=O)Nc2cccc(I)c2)cc1C. The highest BCUT2D eigenvalue weighted by Crippen LogP contribution is 2.21. The molecule has 1 N–H and O–H groups in total. The van der Waals surface area contributed by atoms with Crippen LogP contribution in [0.15, 0.2) is 53.9 Å². The molecule has 25 heavy (non-hydrogen) atoms. The zero-order chi connectivity index (χ0) is 17.8. The number of anilines is 1. The highest BCUT2D eigenvalue weighted by molar-refractivity contribution is 14.1. The van der Waals surface area contributed by atoms with E-state index >= 15 is 0 Å². The zero-order valence-corrected chi connectivity index (χ0v) is 16.8. The number of aromatic nitrogens is 3. The van der Waals surface area contributed by atoms with Gasteiger partial charge in [-0.15, -0.1) is 10.2 Å². The molecule has 1 aromatic heterocycles. The van der Waals surface area contributed by atoms with Gasteiger partial charge in [0.1, 0.15) is 6.33 Å². The van der Waals surface area contributed by atoms with Gasteiger partial charge >= 0.3 is 0 Å². The molecule has 0 atom stereocenters. The average molecular weight is 464 g/mol. The lowest BCUT2D eigenvalue weighted by Gasteiger charge is -2.09. The van der Waals surface area contributed by atoms with Crippen molar-refractivity contribution < 1.29 is 4.79 Å². The first-order valence-electron chi connectivity index (χ1n) is 7.69. The number of aryl methyl sites for hydroxylation is 2. The van der Waals surface area contributed by atoms with Crippen molar-refractivity contribution in [2.45, 2.75) is 19.0 Å². The number of carbonyl (C=O) groups is 1. The van der Waals surface area contributed by atoms with E-state index in [1.807, 2.05) is 34.9 Å². The number of benzene rings is 2. The smallest absolute Gasteiger partial charge is 0.234 e. The van der Waals surface area contributed by atoms with Crippen LogP contribution < -0.4 is 5.32 Å². The van der Waals surface area contributed by atoms with Gasteiger partial charge in [0.25, 0.3) is 0 Å². The van der Waals surface area contributed by atoms with Crippen LogP contribution in [-0.2, 0) is 4.79 Å². The van der Waals surface area contributed by atoms with E-state index < -0.39 is 0 Å². The standard InChI is InChI=1S/C18H17IN4OS/c1-12-6-7-16(8-13(12)2)23-11-20-22-18(23)25-10-17(24)21-15-5-3-4-14(19)9-15/h3-9,11H,10H2,1-2H3,(H,21,24). The number of hydrogen-bond acceptors (Lipinski definition) is 4. The summed E-state index contributed by atoms with van der Waals surface area (Å²) in [5.41, 5.74) is 4.24. The molecule has 128 valence electrons. The molecule has 0 saturated heterocycles. The molecular formula is C18H17IN4OS. The van der Waals surface area contributed by atoms with Crippen molar-refractivity contribution in [3.8, 4) is 5.69 Å². The maximum Gasteiger partial charge on any atom is 0.234 e. The molecule has 0 aliphatic carbocycles. The molecule has 0 aliphatic rings. The van der Waals surface area contributed by atoms with E-state index in [1.165, 1.54) is 22.9 Å². The van der Waals surface area contributed by atoms with Crippen LogP contribution in [0.25, 0.3) is 5.69 Å². The van der Waals surface area contributed by atoms with Crippen molar-refractivity contribution >= 4 is 45.9 Å². The van der Waals surface area contributed by atoms with Gasteiger partial charge in [-0.1, -0.05) is 23.9 Å². The first-order valence-corrected chi connectivity index (χ1v) is 9.75. The minimum Gasteiger partial charge on any atom is -0.325 e. The number of halogens is 1. The molecular weight excluding hydrogens is 447 g/mol. The summed E-state index contributed by atoms with van der Waals surface area (Å²) in [7, 11) is 0. The summed E-state index contributed by atoms with van der Waals surface area (Å²) in [6.07, 6.45) is 1.67. The predicted molar refractivity (Wildman–Crippen MR) is 109 cm³/mol. The predicted octanol–water partition coefficient (Wildman–Crippen LogP) is 4.22. The van der Waals surface area contributed by atoms with Gasteiger partial charge in [0.05, 0.1) is 5.75 Å². The Balaban J connectivity index is 1.67. The Morgan fingerprint density at radius 1 is 1.20 bits per heavy atom. The second-order valence-corrected chi connectivity index (χ2v) is 7.79.